The van der Waals surface area contributed by atoms with Crippen molar-refractivity contribution >= 4 is 66.3 Å². The molecule has 1 aliphatic carbocycles. The predicted molar refractivity (Wildman–Crippen MR) is 153 cm³/mol. The summed E-state index contributed by atoms with van der Waals surface area (Å²) in [5.41, 5.74) is 3.34. The van der Waals surface area contributed by atoms with Crippen LogP contribution in [0.25, 0.3) is 0 Å². The smallest absolute Gasteiger partial charge is 0.313 e. The molecule has 13 nitrogen and oxygen atoms in total. The van der Waals surface area contributed by atoms with Gasteiger partial charge in [0.05, 0.1) is 28.2 Å². The summed E-state index contributed by atoms with van der Waals surface area (Å²) >= 11 is 5.82. The number of hydrogen-bond donors (Lipinski definition) is 5. The number of carbonyl (C=O) groups excluding carboxylic acids is 2. The molecule has 0 amide bonds. The zero-order valence-corrected chi connectivity index (χ0v) is 24.4. The molecule has 1 aromatic heterocycles. The number of rotatable bonds is 7. The minimum absolute atomic E-state index is 0.0397. The molecule has 0 atom stereocenters. The molecule has 0 fully saturated rings. The SMILES string of the molecule is Cc1cc(CNc2nc(F)nc(F)c2Cl)c(Nc2cc(S(=O)(=O)O)c(N)c3c2C(=O)c2ccccc2C3=O)c(S(=O)(=O)O)c1. The number of benzene rings is 3. The van der Waals surface area contributed by atoms with Crippen LogP contribution in [0.2, 0.25) is 5.02 Å². The first kappa shape index (κ1) is 30.9. The van der Waals surface area contributed by atoms with E-state index in [0.29, 0.717) is 0 Å². The first-order valence-corrected chi connectivity index (χ1v) is 15.4. The summed E-state index contributed by atoms with van der Waals surface area (Å²) in [6.45, 7) is 0.986. The maximum Gasteiger partial charge on any atom is 0.313 e. The van der Waals surface area contributed by atoms with Crippen molar-refractivity contribution in [1.29, 1.82) is 0 Å². The van der Waals surface area contributed by atoms with Gasteiger partial charge in [-0.25, -0.2) is 0 Å². The first-order chi connectivity index (χ1) is 20.5. The van der Waals surface area contributed by atoms with E-state index >= 15 is 0 Å². The predicted octanol–water partition coefficient (Wildman–Crippen LogP) is 3.92. The highest BCUT2D eigenvalue weighted by Crippen LogP contribution is 2.41. The lowest BCUT2D eigenvalue weighted by molar-refractivity contribution is 0.0980. The van der Waals surface area contributed by atoms with Crippen molar-refractivity contribution in [3.05, 3.63) is 92.9 Å². The molecule has 0 saturated heterocycles. The average molecular weight is 666 g/mol. The quantitative estimate of drug-likeness (QED) is 0.0721. The molecule has 1 aliphatic rings. The molecule has 0 bridgehead atoms. The van der Waals surface area contributed by atoms with Crippen molar-refractivity contribution in [3.63, 3.8) is 0 Å². The third-order valence-electron chi connectivity index (χ3n) is 6.57. The number of aryl methyl sites for hydroxylation is 1. The number of aromatic nitrogens is 2. The van der Waals surface area contributed by atoms with Gasteiger partial charge in [-0.3, -0.25) is 18.7 Å². The van der Waals surface area contributed by atoms with Crippen LogP contribution >= 0.6 is 11.6 Å². The van der Waals surface area contributed by atoms with Gasteiger partial charge in [0.25, 0.3) is 20.2 Å². The number of nitrogens with one attached hydrogen (secondary N) is 2. The van der Waals surface area contributed by atoms with Crippen LogP contribution < -0.4 is 16.4 Å². The third kappa shape index (κ3) is 5.46. The number of fused-ring (bicyclic) bond motifs is 2. The van der Waals surface area contributed by atoms with Crippen molar-refractivity contribution in [2.45, 2.75) is 23.3 Å². The molecular weight excluding hydrogens is 648 g/mol. The van der Waals surface area contributed by atoms with Gasteiger partial charge in [0, 0.05) is 17.7 Å². The van der Waals surface area contributed by atoms with Gasteiger partial charge in [-0.05, 0) is 30.2 Å². The fourth-order valence-corrected chi connectivity index (χ4v) is 6.31. The Bertz CT molecular complexity index is 2160. The Labute approximate surface area is 252 Å². The summed E-state index contributed by atoms with van der Waals surface area (Å²) in [5.74, 6) is -3.57. The van der Waals surface area contributed by atoms with E-state index in [2.05, 4.69) is 20.6 Å². The number of ketones is 2. The average Bonchev–Trinajstić information content (AvgIpc) is 2.93. The van der Waals surface area contributed by atoms with Crippen molar-refractivity contribution < 1.29 is 44.3 Å². The summed E-state index contributed by atoms with van der Waals surface area (Å²) in [4.78, 5) is 31.6. The van der Waals surface area contributed by atoms with Gasteiger partial charge < -0.3 is 16.4 Å². The topological polar surface area (TPSA) is 219 Å². The molecule has 4 aromatic rings. The molecule has 0 saturated carbocycles. The van der Waals surface area contributed by atoms with E-state index in [1.165, 1.54) is 37.3 Å². The van der Waals surface area contributed by atoms with Crippen molar-refractivity contribution in [1.82, 2.24) is 9.97 Å². The van der Waals surface area contributed by atoms with Gasteiger partial charge in [0.1, 0.15) is 14.8 Å². The fourth-order valence-electron chi connectivity index (χ4n) is 4.74. The molecule has 18 heteroatoms. The molecule has 6 N–H and O–H groups in total. The maximum absolute atomic E-state index is 13.9. The van der Waals surface area contributed by atoms with Crippen LogP contribution in [0.5, 0.6) is 0 Å². The molecular formula is C26H18ClF2N5O8S2. The molecule has 44 heavy (non-hydrogen) atoms. The zero-order valence-electron chi connectivity index (χ0n) is 22.0. The van der Waals surface area contributed by atoms with Crippen molar-refractivity contribution in [3.8, 4) is 0 Å². The Kier molecular flexibility index (Phi) is 7.63. The fraction of sp³-hybridized carbons (Fsp3) is 0.0769. The van der Waals surface area contributed by atoms with Gasteiger partial charge in [0.15, 0.2) is 17.4 Å². The minimum atomic E-state index is -5.12. The second-order valence-electron chi connectivity index (χ2n) is 9.46. The number of anilines is 4. The summed E-state index contributed by atoms with van der Waals surface area (Å²) in [6.07, 6.45) is -1.47. The van der Waals surface area contributed by atoms with Crippen LogP contribution in [0.4, 0.5) is 31.7 Å². The van der Waals surface area contributed by atoms with E-state index in [0.717, 1.165) is 12.1 Å². The standard InChI is InChI=1S/C26H18ClF2N5O8S2/c1-10-6-11(9-31-25-19(27)24(28)33-26(29)34-25)21(16(7-10)44(40,41)42)32-14-8-15(43(37,38)39)20(30)18-17(14)22(35)12-4-2-3-5-13(12)23(18)36/h2-8,32H,9,30H2,1H3,(H,31,33,34)(H,37,38,39)(H,40,41,42). The van der Waals surface area contributed by atoms with Gasteiger partial charge in [-0.1, -0.05) is 41.9 Å². The summed E-state index contributed by atoms with van der Waals surface area (Å²) in [6, 6.07) is 8.72. The molecule has 228 valence electrons. The normalized spacial score (nSPS) is 13.0. The molecule has 5 rings (SSSR count). The van der Waals surface area contributed by atoms with Crippen LogP contribution in [-0.4, -0.2) is 47.5 Å². The van der Waals surface area contributed by atoms with Gasteiger partial charge >= 0.3 is 6.08 Å². The number of hydrogen-bond acceptors (Lipinski definition) is 11. The largest absolute Gasteiger partial charge is 0.397 e. The monoisotopic (exact) mass is 665 g/mol. The van der Waals surface area contributed by atoms with Crippen LogP contribution in [-0.2, 0) is 26.8 Å². The van der Waals surface area contributed by atoms with E-state index in [4.69, 9.17) is 17.3 Å². The number of nitrogens with two attached hydrogens (primary N) is 1. The van der Waals surface area contributed by atoms with Crippen LogP contribution in [0.3, 0.4) is 0 Å². The Hall–Kier alpha value is -4.55. The summed E-state index contributed by atoms with van der Waals surface area (Å²) < 4.78 is 97.1. The van der Waals surface area contributed by atoms with Gasteiger partial charge in [-0.2, -0.15) is 35.6 Å². The van der Waals surface area contributed by atoms with E-state index < -0.39 is 99.2 Å². The Morgan fingerprint density at radius 3 is 2.09 bits per heavy atom. The molecule has 0 aliphatic heterocycles. The lowest BCUT2D eigenvalue weighted by atomic mass is 9.82. The number of nitrogens with zero attached hydrogens (tertiary/aromatic N) is 2. The molecule has 0 unspecified atom stereocenters. The molecule has 1 heterocycles. The molecule has 0 spiro atoms. The van der Waals surface area contributed by atoms with E-state index in [-0.39, 0.29) is 22.3 Å². The highest BCUT2D eigenvalue weighted by molar-refractivity contribution is 7.86. The first-order valence-electron chi connectivity index (χ1n) is 12.1. The van der Waals surface area contributed by atoms with Crippen molar-refractivity contribution in [2.24, 2.45) is 0 Å². The number of halogens is 3. The van der Waals surface area contributed by atoms with Gasteiger partial charge in [-0.15, -0.1) is 0 Å². The maximum atomic E-state index is 13.9. The Morgan fingerprint density at radius 1 is 0.909 bits per heavy atom. The molecule has 3 aromatic carbocycles. The Balaban J connectivity index is 1.75. The highest BCUT2D eigenvalue weighted by Gasteiger charge is 2.37. The lowest BCUT2D eigenvalue weighted by Crippen LogP contribution is -2.25. The zero-order chi connectivity index (χ0) is 32.3. The lowest BCUT2D eigenvalue weighted by Gasteiger charge is -2.25. The highest BCUT2D eigenvalue weighted by atomic mass is 35.5. The van der Waals surface area contributed by atoms with E-state index in [1.54, 1.807) is 0 Å². The number of carbonyl (C=O) groups is 2. The van der Waals surface area contributed by atoms with Crippen LogP contribution in [0.15, 0.2) is 52.3 Å². The second-order valence-corrected chi connectivity index (χ2v) is 12.6. The van der Waals surface area contributed by atoms with Gasteiger partial charge in [0.2, 0.25) is 5.95 Å². The second kappa shape index (κ2) is 10.9. The summed E-state index contributed by atoms with van der Waals surface area (Å²) in [5, 5.41) is 4.43. The molecule has 0 radical (unpaired) electrons. The summed E-state index contributed by atoms with van der Waals surface area (Å²) in [7, 11) is -10.2. The van der Waals surface area contributed by atoms with Crippen molar-refractivity contribution in [2.75, 3.05) is 16.4 Å². The third-order valence-corrected chi connectivity index (χ3v) is 8.68. The Morgan fingerprint density at radius 2 is 1.50 bits per heavy atom. The van der Waals surface area contributed by atoms with Crippen LogP contribution in [0.1, 0.15) is 43.0 Å². The van der Waals surface area contributed by atoms with Crippen LogP contribution in [0, 0.1) is 18.9 Å². The minimum Gasteiger partial charge on any atom is -0.397 e. The number of nitrogen functional groups attached to an aromatic ring is 1. The van der Waals surface area contributed by atoms with E-state index in [9.17, 15) is 44.3 Å². The van der Waals surface area contributed by atoms with E-state index in [1.807, 2.05) is 0 Å².